The molecule has 122 valence electrons. The molecule has 2 rings (SSSR count). The number of rotatable bonds is 7. The Bertz CT molecular complexity index is 661. The lowest BCUT2D eigenvalue weighted by atomic mass is 10.2. The van der Waals surface area contributed by atoms with Crippen molar-refractivity contribution in [3.8, 4) is 5.75 Å². The van der Waals surface area contributed by atoms with Crippen molar-refractivity contribution in [3.05, 3.63) is 61.6 Å². The molecule has 0 aliphatic rings. The molecule has 0 heterocycles. The summed E-state index contributed by atoms with van der Waals surface area (Å²) in [7, 11) is 1.64. The predicted octanol–water partition coefficient (Wildman–Crippen LogP) is 4.01. The molecule has 2 aromatic carbocycles. The maximum atomic E-state index is 12.3. The molecule has 0 fully saturated rings. The summed E-state index contributed by atoms with van der Waals surface area (Å²) in [6.07, 6.45) is 0. The molecule has 0 unspecified atom stereocenters. The molecule has 0 aliphatic heterocycles. The highest BCUT2D eigenvalue weighted by Crippen LogP contribution is 2.18. The van der Waals surface area contributed by atoms with E-state index in [0.29, 0.717) is 25.3 Å². The lowest BCUT2D eigenvalue weighted by Gasteiger charge is -2.09. The maximum Gasteiger partial charge on any atom is 0.252 e. The monoisotopic (exact) mass is 489 g/mol. The van der Waals surface area contributed by atoms with Gasteiger partial charge >= 0.3 is 0 Å². The van der Waals surface area contributed by atoms with Gasteiger partial charge in [0.25, 0.3) is 5.91 Å². The second-order valence-corrected chi connectivity index (χ2v) is 6.87. The van der Waals surface area contributed by atoms with Crippen LogP contribution in [0, 0.1) is 3.57 Å². The van der Waals surface area contributed by atoms with E-state index >= 15 is 0 Å². The van der Waals surface area contributed by atoms with Gasteiger partial charge in [0, 0.05) is 21.7 Å². The standard InChI is InChI=1S/C17H17BrINO3/c1-22-8-9-23-14-5-2-12(3-6-14)11-20-17(21)15-10-13(18)4-7-16(15)19/h2-7,10H,8-9,11H2,1H3,(H,20,21). The average Bonchev–Trinajstić information content (AvgIpc) is 2.56. The zero-order chi connectivity index (χ0) is 16.7. The third kappa shape index (κ3) is 5.78. The fraction of sp³-hybridized carbons (Fsp3) is 0.235. The Morgan fingerprint density at radius 1 is 1.17 bits per heavy atom. The zero-order valence-electron chi connectivity index (χ0n) is 12.6. The van der Waals surface area contributed by atoms with E-state index in [1.807, 2.05) is 42.5 Å². The molecule has 0 spiro atoms. The first-order chi connectivity index (χ1) is 11.1. The van der Waals surface area contributed by atoms with Gasteiger partial charge in [0.1, 0.15) is 12.4 Å². The summed E-state index contributed by atoms with van der Waals surface area (Å²) in [6, 6.07) is 13.3. The van der Waals surface area contributed by atoms with Crippen LogP contribution in [0.3, 0.4) is 0 Å². The fourth-order valence-electron chi connectivity index (χ4n) is 1.90. The van der Waals surface area contributed by atoms with Crippen molar-refractivity contribution in [1.29, 1.82) is 0 Å². The molecule has 4 nitrogen and oxygen atoms in total. The first-order valence-corrected chi connectivity index (χ1v) is 8.91. The van der Waals surface area contributed by atoms with Gasteiger partial charge in [0.15, 0.2) is 0 Å². The van der Waals surface area contributed by atoms with Crippen LogP contribution in [0.4, 0.5) is 0 Å². The number of benzene rings is 2. The van der Waals surface area contributed by atoms with E-state index in [9.17, 15) is 4.79 Å². The largest absolute Gasteiger partial charge is 0.491 e. The molecule has 0 aromatic heterocycles. The average molecular weight is 490 g/mol. The number of carbonyl (C=O) groups excluding carboxylic acids is 1. The van der Waals surface area contributed by atoms with Crippen LogP contribution < -0.4 is 10.1 Å². The third-order valence-corrected chi connectivity index (χ3v) is 4.54. The van der Waals surface area contributed by atoms with Gasteiger partial charge in [-0.2, -0.15) is 0 Å². The van der Waals surface area contributed by atoms with Crippen LogP contribution >= 0.6 is 38.5 Å². The number of hydrogen-bond donors (Lipinski definition) is 1. The third-order valence-electron chi connectivity index (χ3n) is 3.11. The van der Waals surface area contributed by atoms with Crippen LogP contribution in [0.25, 0.3) is 0 Å². The van der Waals surface area contributed by atoms with E-state index in [0.717, 1.165) is 19.4 Å². The molecule has 0 saturated carbocycles. The normalized spacial score (nSPS) is 10.4. The number of methoxy groups -OCH3 is 1. The Balaban J connectivity index is 1.90. The molecule has 0 radical (unpaired) electrons. The topological polar surface area (TPSA) is 47.6 Å². The zero-order valence-corrected chi connectivity index (χ0v) is 16.4. The van der Waals surface area contributed by atoms with Gasteiger partial charge in [0.2, 0.25) is 0 Å². The Kier molecular flexibility index (Phi) is 7.32. The number of hydrogen-bond acceptors (Lipinski definition) is 3. The van der Waals surface area contributed by atoms with Crippen molar-refractivity contribution in [2.45, 2.75) is 6.54 Å². The van der Waals surface area contributed by atoms with E-state index < -0.39 is 0 Å². The van der Waals surface area contributed by atoms with Gasteiger partial charge in [-0.05, 0) is 58.5 Å². The van der Waals surface area contributed by atoms with Gasteiger partial charge in [-0.3, -0.25) is 4.79 Å². The molecule has 0 atom stereocenters. The second kappa shape index (κ2) is 9.24. The Morgan fingerprint density at radius 3 is 2.61 bits per heavy atom. The number of ether oxygens (including phenoxy) is 2. The molecule has 0 bridgehead atoms. The minimum absolute atomic E-state index is 0.0869. The lowest BCUT2D eigenvalue weighted by molar-refractivity contribution is 0.0950. The molecule has 0 saturated heterocycles. The van der Waals surface area contributed by atoms with Crippen LogP contribution in [0.1, 0.15) is 15.9 Å². The molecular weight excluding hydrogens is 473 g/mol. The highest BCUT2D eigenvalue weighted by atomic mass is 127. The van der Waals surface area contributed by atoms with E-state index in [4.69, 9.17) is 9.47 Å². The van der Waals surface area contributed by atoms with Gasteiger partial charge < -0.3 is 14.8 Å². The first-order valence-electron chi connectivity index (χ1n) is 7.04. The molecular formula is C17H17BrINO3. The van der Waals surface area contributed by atoms with E-state index in [2.05, 4.69) is 43.8 Å². The second-order valence-electron chi connectivity index (χ2n) is 4.79. The molecule has 2 aromatic rings. The van der Waals surface area contributed by atoms with Gasteiger partial charge in [-0.25, -0.2) is 0 Å². The summed E-state index contributed by atoms with van der Waals surface area (Å²) in [4.78, 5) is 12.3. The van der Waals surface area contributed by atoms with E-state index in [1.54, 1.807) is 7.11 Å². The number of carbonyl (C=O) groups is 1. The van der Waals surface area contributed by atoms with Gasteiger partial charge in [-0.15, -0.1) is 0 Å². The van der Waals surface area contributed by atoms with Crippen LogP contribution in [-0.2, 0) is 11.3 Å². The SMILES string of the molecule is COCCOc1ccc(CNC(=O)c2cc(Br)ccc2I)cc1. The summed E-state index contributed by atoms with van der Waals surface area (Å²) >= 11 is 5.55. The Labute approximate surface area is 157 Å². The highest BCUT2D eigenvalue weighted by Gasteiger charge is 2.10. The van der Waals surface area contributed by atoms with E-state index in [1.165, 1.54) is 0 Å². The summed E-state index contributed by atoms with van der Waals surface area (Å²) in [5.41, 5.74) is 1.68. The Morgan fingerprint density at radius 2 is 1.91 bits per heavy atom. The summed E-state index contributed by atoms with van der Waals surface area (Å²) in [5.74, 6) is 0.704. The molecule has 23 heavy (non-hydrogen) atoms. The van der Waals surface area contributed by atoms with Crippen LogP contribution in [0.2, 0.25) is 0 Å². The van der Waals surface area contributed by atoms with Crippen molar-refractivity contribution in [2.75, 3.05) is 20.3 Å². The van der Waals surface area contributed by atoms with Crippen molar-refractivity contribution in [3.63, 3.8) is 0 Å². The quantitative estimate of drug-likeness (QED) is 0.472. The number of halogens is 2. The summed E-state index contributed by atoms with van der Waals surface area (Å²) in [5, 5.41) is 2.93. The van der Waals surface area contributed by atoms with Gasteiger partial charge in [0.05, 0.1) is 12.2 Å². The van der Waals surface area contributed by atoms with E-state index in [-0.39, 0.29) is 5.91 Å². The molecule has 0 aliphatic carbocycles. The number of nitrogens with one attached hydrogen (secondary N) is 1. The summed E-state index contributed by atoms with van der Waals surface area (Å²) in [6.45, 7) is 1.55. The van der Waals surface area contributed by atoms with Crippen molar-refractivity contribution >= 4 is 44.4 Å². The minimum atomic E-state index is -0.0869. The minimum Gasteiger partial charge on any atom is -0.491 e. The van der Waals surface area contributed by atoms with Crippen LogP contribution in [0.15, 0.2) is 46.9 Å². The van der Waals surface area contributed by atoms with Crippen molar-refractivity contribution in [1.82, 2.24) is 5.32 Å². The van der Waals surface area contributed by atoms with Crippen LogP contribution in [0.5, 0.6) is 5.75 Å². The number of amides is 1. The smallest absolute Gasteiger partial charge is 0.252 e. The summed E-state index contributed by atoms with van der Waals surface area (Å²) < 4.78 is 12.3. The van der Waals surface area contributed by atoms with Crippen LogP contribution in [-0.4, -0.2) is 26.2 Å². The fourth-order valence-corrected chi connectivity index (χ4v) is 2.84. The Hall–Kier alpha value is -1.12. The first kappa shape index (κ1) is 18.2. The van der Waals surface area contributed by atoms with Crippen molar-refractivity contribution in [2.24, 2.45) is 0 Å². The maximum absolute atomic E-state index is 12.3. The molecule has 6 heteroatoms. The highest BCUT2D eigenvalue weighted by molar-refractivity contribution is 14.1. The van der Waals surface area contributed by atoms with Crippen molar-refractivity contribution < 1.29 is 14.3 Å². The van der Waals surface area contributed by atoms with Gasteiger partial charge in [-0.1, -0.05) is 28.1 Å². The molecule has 1 N–H and O–H groups in total. The predicted molar refractivity (Wildman–Crippen MR) is 102 cm³/mol. The molecule has 1 amide bonds. The lowest BCUT2D eigenvalue weighted by Crippen LogP contribution is -2.23.